The number of furan rings is 1. The molecule has 0 aliphatic carbocycles. The molecule has 1 aromatic carbocycles. The maximum Gasteiger partial charge on any atom is 0.251 e. The Morgan fingerprint density at radius 2 is 2.10 bits per heavy atom. The van der Waals surface area contributed by atoms with E-state index in [0.29, 0.717) is 5.76 Å². The Kier molecular flexibility index (Phi) is 4.47. The van der Waals surface area contributed by atoms with Gasteiger partial charge in [-0.1, -0.05) is 0 Å². The van der Waals surface area contributed by atoms with Crippen molar-refractivity contribution in [3.8, 4) is 0 Å². The highest BCUT2D eigenvalue weighted by Gasteiger charge is 2.12. The van der Waals surface area contributed by atoms with Gasteiger partial charge in [0.2, 0.25) is 0 Å². The summed E-state index contributed by atoms with van der Waals surface area (Å²) in [5.41, 5.74) is 0.0244. The Balaban J connectivity index is 1.84. The van der Waals surface area contributed by atoms with Crippen LogP contribution in [0.3, 0.4) is 0 Å². The zero-order valence-corrected chi connectivity index (χ0v) is 10.5. The van der Waals surface area contributed by atoms with Crippen LogP contribution in [0.1, 0.15) is 28.6 Å². The van der Waals surface area contributed by atoms with Crippen molar-refractivity contribution >= 4 is 5.91 Å². The number of aliphatic hydroxyl groups excluding tert-OH is 1. The standard InChI is InChI=1S/C14H13F2NO3/c15-10-4-3-9(8-11(10)16)14(19)17-6-5-12(18)13-2-1-7-20-13/h1-4,7-8,12,18H,5-6H2,(H,17,19)/t12-/m0/s1. The number of amides is 1. The molecule has 1 atom stereocenters. The fourth-order valence-corrected chi connectivity index (χ4v) is 1.68. The molecule has 0 aliphatic rings. The van der Waals surface area contributed by atoms with Gasteiger partial charge in [-0.05, 0) is 36.8 Å². The molecule has 2 rings (SSSR count). The predicted octanol–water partition coefficient (Wildman–Crippen LogP) is 2.41. The maximum atomic E-state index is 13.0. The summed E-state index contributed by atoms with van der Waals surface area (Å²) in [5.74, 6) is -2.20. The Morgan fingerprint density at radius 1 is 1.30 bits per heavy atom. The molecule has 1 amide bonds. The lowest BCUT2D eigenvalue weighted by Crippen LogP contribution is -2.25. The first kappa shape index (κ1) is 14.2. The molecule has 0 aliphatic heterocycles. The second-order valence-electron chi connectivity index (χ2n) is 4.20. The summed E-state index contributed by atoms with van der Waals surface area (Å²) in [6, 6.07) is 6.19. The van der Waals surface area contributed by atoms with Gasteiger partial charge in [-0.3, -0.25) is 4.79 Å². The van der Waals surface area contributed by atoms with Crippen molar-refractivity contribution in [1.82, 2.24) is 5.32 Å². The fourth-order valence-electron chi connectivity index (χ4n) is 1.68. The molecule has 0 fully saturated rings. The summed E-state index contributed by atoms with van der Waals surface area (Å²) in [6.45, 7) is 0.180. The first-order chi connectivity index (χ1) is 9.58. The average Bonchev–Trinajstić information content (AvgIpc) is 2.95. The fraction of sp³-hybridized carbons (Fsp3) is 0.214. The van der Waals surface area contributed by atoms with E-state index in [2.05, 4.69) is 5.32 Å². The number of carbonyl (C=O) groups is 1. The second kappa shape index (κ2) is 6.29. The van der Waals surface area contributed by atoms with E-state index < -0.39 is 23.6 Å². The zero-order chi connectivity index (χ0) is 14.5. The SMILES string of the molecule is O=C(NCC[C@H](O)c1ccco1)c1ccc(F)c(F)c1. The molecule has 2 N–H and O–H groups in total. The minimum absolute atomic E-state index is 0.0244. The number of halogens is 2. The lowest BCUT2D eigenvalue weighted by molar-refractivity contribution is 0.0935. The first-order valence-corrected chi connectivity index (χ1v) is 6.02. The first-order valence-electron chi connectivity index (χ1n) is 6.02. The van der Waals surface area contributed by atoms with Crippen LogP contribution in [-0.4, -0.2) is 17.6 Å². The molecule has 0 radical (unpaired) electrons. The lowest BCUT2D eigenvalue weighted by atomic mass is 10.2. The van der Waals surface area contributed by atoms with Gasteiger partial charge in [0.15, 0.2) is 11.6 Å². The highest BCUT2D eigenvalue weighted by atomic mass is 19.2. The summed E-state index contributed by atoms with van der Waals surface area (Å²) in [6.07, 6.45) is 0.872. The van der Waals surface area contributed by atoms with Crippen molar-refractivity contribution in [1.29, 1.82) is 0 Å². The maximum absolute atomic E-state index is 13.0. The van der Waals surface area contributed by atoms with E-state index in [9.17, 15) is 18.7 Å². The number of aliphatic hydroxyl groups is 1. The van der Waals surface area contributed by atoms with Gasteiger partial charge in [0.25, 0.3) is 5.91 Å². The van der Waals surface area contributed by atoms with E-state index in [1.165, 1.54) is 12.3 Å². The van der Waals surface area contributed by atoms with E-state index in [0.717, 1.165) is 12.1 Å². The van der Waals surface area contributed by atoms with Gasteiger partial charge in [0, 0.05) is 12.1 Å². The number of carbonyl (C=O) groups excluding carboxylic acids is 1. The second-order valence-corrected chi connectivity index (χ2v) is 4.20. The van der Waals surface area contributed by atoms with Crippen LogP contribution in [0.2, 0.25) is 0 Å². The molecule has 2 aromatic rings. The molecule has 1 heterocycles. The summed E-state index contributed by atoms with van der Waals surface area (Å²) in [7, 11) is 0. The van der Waals surface area contributed by atoms with Crippen LogP contribution in [0.25, 0.3) is 0 Å². The molecule has 0 spiro atoms. The molecule has 6 heteroatoms. The summed E-state index contributed by atoms with van der Waals surface area (Å²) in [5, 5.41) is 12.2. The molecule has 0 saturated heterocycles. The van der Waals surface area contributed by atoms with Gasteiger partial charge in [-0.25, -0.2) is 8.78 Å². The summed E-state index contributed by atoms with van der Waals surface area (Å²) < 4.78 is 30.7. The van der Waals surface area contributed by atoms with Gasteiger partial charge >= 0.3 is 0 Å². The number of benzene rings is 1. The van der Waals surface area contributed by atoms with Crippen LogP contribution >= 0.6 is 0 Å². The Labute approximate surface area is 114 Å². The largest absolute Gasteiger partial charge is 0.467 e. The van der Waals surface area contributed by atoms with Gasteiger partial charge in [0.05, 0.1) is 6.26 Å². The predicted molar refractivity (Wildman–Crippen MR) is 67.0 cm³/mol. The highest BCUT2D eigenvalue weighted by molar-refractivity contribution is 5.94. The smallest absolute Gasteiger partial charge is 0.251 e. The molecule has 0 unspecified atom stereocenters. The van der Waals surface area contributed by atoms with Crippen molar-refractivity contribution in [2.24, 2.45) is 0 Å². The van der Waals surface area contributed by atoms with E-state index in [-0.39, 0.29) is 18.5 Å². The van der Waals surface area contributed by atoms with Crippen LogP contribution in [0.4, 0.5) is 8.78 Å². The molecule has 4 nitrogen and oxygen atoms in total. The minimum Gasteiger partial charge on any atom is -0.467 e. The van der Waals surface area contributed by atoms with Crippen molar-refractivity contribution < 1.29 is 23.1 Å². The van der Waals surface area contributed by atoms with Crippen LogP contribution in [0.5, 0.6) is 0 Å². The topological polar surface area (TPSA) is 62.5 Å². The van der Waals surface area contributed by atoms with E-state index in [1.54, 1.807) is 12.1 Å². The Hall–Kier alpha value is -2.21. The van der Waals surface area contributed by atoms with Gasteiger partial charge in [-0.15, -0.1) is 0 Å². The van der Waals surface area contributed by atoms with Crippen molar-refractivity contribution in [2.45, 2.75) is 12.5 Å². The summed E-state index contributed by atoms with van der Waals surface area (Å²) >= 11 is 0. The van der Waals surface area contributed by atoms with Gasteiger partial charge in [-0.2, -0.15) is 0 Å². The monoisotopic (exact) mass is 281 g/mol. The number of nitrogens with one attached hydrogen (secondary N) is 1. The molecule has 20 heavy (non-hydrogen) atoms. The zero-order valence-electron chi connectivity index (χ0n) is 10.5. The minimum atomic E-state index is -1.08. The Bertz CT molecular complexity index is 584. The van der Waals surface area contributed by atoms with Crippen LogP contribution in [-0.2, 0) is 0 Å². The summed E-state index contributed by atoms with van der Waals surface area (Å²) in [4.78, 5) is 11.7. The lowest BCUT2D eigenvalue weighted by Gasteiger charge is -2.09. The third kappa shape index (κ3) is 3.42. The van der Waals surface area contributed by atoms with Crippen LogP contribution in [0.15, 0.2) is 41.0 Å². The van der Waals surface area contributed by atoms with E-state index >= 15 is 0 Å². The number of hydrogen-bond donors (Lipinski definition) is 2. The van der Waals surface area contributed by atoms with Crippen molar-refractivity contribution in [3.05, 3.63) is 59.6 Å². The highest BCUT2D eigenvalue weighted by Crippen LogP contribution is 2.16. The molecule has 0 bridgehead atoms. The van der Waals surface area contributed by atoms with Crippen molar-refractivity contribution in [3.63, 3.8) is 0 Å². The molecular weight excluding hydrogens is 268 g/mol. The molecule has 1 aromatic heterocycles. The number of hydrogen-bond acceptors (Lipinski definition) is 3. The Morgan fingerprint density at radius 3 is 2.75 bits per heavy atom. The average molecular weight is 281 g/mol. The normalized spacial score (nSPS) is 12.2. The van der Waals surface area contributed by atoms with Crippen LogP contribution in [0, 0.1) is 11.6 Å². The molecule has 106 valence electrons. The van der Waals surface area contributed by atoms with E-state index in [4.69, 9.17) is 4.42 Å². The van der Waals surface area contributed by atoms with Gasteiger partial charge < -0.3 is 14.8 Å². The number of rotatable bonds is 5. The van der Waals surface area contributed by atoms with Gasteiger partial charge in [0.1, 0.15) is 11.9 Å². The van der Waals surface area contributed by atoms with Crippen molar-refractivity contribution in [2.75, 3.05) is 6.54 Å². The third-order valence-corrected chi connectivity index (χ3v) is 2.76. The third-order valence-electron chi connectivity index (χ3n) is 2.76. The quantitative estimate of drug-likeness (QED) is 0.884. The van der Waals surface area contributed by atoms with Crippen LogP contribution < -0.4 is 5.32 Å². The molecular formula is C14H13F2NO3. The van der Waals surface area contributed by atoms with E-state index in [1.807, 2.05) is 0 Å². The molecule has 0 saturated carbocycles.